The Kier molecular flexibility index (Phi) is 3.19. The minimum absolute atomic E-state index is 0. The summed E-state index contributed by atoms with van der Waals surface area (Å²) in [5, 5.41) is 0. The van der Waals surface area contributed by atoms with Crippen LogP contribution in [-0.4, -0.2) is 14.5 Å². The van der Waals surface area contributed by atoms with Crippen LogP contribution >= 0.6 is 0 Å². The molecule has 0 bridgehead atoms. The third-order valence-corrected chi connectivity index (χ3v) is 2.07. The third kappa shape index (κ3) is 1.75. The largest absolute Gasteiger partial charge is 1.00 e. The van der Waals surface area contributed by atoms with Crippen LogP contribution in [-0.2, 0) is 7.05 Å². The first-order chi connectivity index (χ1) is 6.29. The molecule has 0 radical (unpaired) electrons. The molecule has 0 amide bonds. The molecule has 0 aliphatic rings. The van der Waals surface area contributed by atoms with Gasteiger partial charge in [0.25, 0.3) is 5.82 Å². The number of halogens is 1. The lowest BCUT2D eigenvalue weighted by Gasteiger charge is -1.94. The molecular formula is C9H11ClN4. The number of hydrogen-bond donors (Lipinski definition) is 0. The van der Waals surface area contributed by atoms with Gasteiger partial charge in [-0.05, 0) is 6.07 Å². The summed E-state index contributed by atoms with van der Waals surface area (Å²) in [5.74, 6) is 1.81. The summed E-state index contributed by atoms with van der Waals surface area (Å²) in [6, 6.07) is 1.81. The molecule has 5 heteroatoms. The van der Waals surface area contributed by atoms with Gasteiger partial charge < -0.3 is 12.4 Å². The predicted octanol–water partition coefficient (Wildman–Crippen LogP) is -2.60. The van der Waals surface area contributed by atoms with Crippen LogP contribution in [0.25, 0.3) is 5.95 Å². The molecule has 0 fully saturated rings. The molecule has 4 nitrogen and oxygen atoms in total. The van der Waals surface area contributed by atoms with Crippen LogP contribution in [0.4, 0.5) is 0 Å². The number of rotatable bonds is 1. The van der Waals surface area contributed by atoms with E-state index in [0.717, 1.165) is 5.82 Å². The van der Waals surface area contributed by atoms with Crippen LogP contribution in [0.1, 0.15) is 5.82 Å². The first kappa shape index (κ1) is 10.7. The number of hydrogen-bond acceptors (Lipinski definition) is 2. The highest BCUT2D eigenvalue weighted by Crippen LogP contribution is 2.00. The van der Waals surface area contributed by atoms with E-state index in [4.69, 9.17) is 0 Å². The van der Waals surface area contributed by atoms with Crippen molar-refractivity contribution < 1.29 is 17.0 Å². The second-order valence-electron chi connectivity index (χ2n) is 2.88. The zero-order valence-electron chi connectivity index (χ0n) is 8.05. The Morgan fingerprint density at radius 3 is 2.43 bits per heavy atom. The van der Waals surface area contributed by atoms with Crippen molar-refractivity contribution in [2.24, 2.45) is 7.05 Å². The zero-order chi connectivity index (χ0) is 9.26. The van der Waals surface area contributed by atoms with Crippen molar-refractivity contribution >= 4 is 0 Å². The van der Waals surface area contributed by atoms with Crippen molar-refractivity contribution in [3.05, 3.63) is 36.7 Å². The first-order valence-corrected chi connectivity index (χ1v) is 4.10. The molecule has 0 atom stereocenters. The van der Waals surface area contributed by atoms with Gasteiger partial charge in [-0.1, -0.05) is 0 Å². The maximum Gasteiger partial charge on any atom is 0.325 e. The summed E-state index contributed by atoms with van der Waals surface area (Å²) in [7, 11) is 1.99. The number of imidazole rings is 1. The monoisotopic (exact) mass is 210 g/mol. The van der Waals surface area contributed by atoms with Gasteiger partial charge in [-0.2, -0.15) is 14.5 Å². The van der Waals surface area contributed by atoms with Crippen molar-refractivity contribution in [1.29, 1.82) is 0 Å². The van der Waals surface area contributed by atoms with E-state index in [1.54, 1.807) is 12.4 Å². The van der Waals surface area contributed by atoms with E-state index in [0.29, 0.717) is 5.95 Å². The second kappa shape index (κ2) is 4.19. The first-order valence-electron chi connectivity index (χ1n) is 4.10. The van der Waals surface area contributed by atoms with Gasteiger partial charge in [-0.25, -0.2) is 4.57 Å². The van der Waals surface area contributed by atoms with Crippen molar-refractivity contribution in [3.63, 3.8) is 0 Å². The van der Waals surface area contributed by atoms with Gasteiger partial charge in [0.15, 0.2) is 0 Å². The molecule has 0 saturated carbocycles. The fourth-order valence-electron chi connectivity index (χ4n) is 1.18. The van der Waals surface area contributed by atoms with E-state index < -0.39 is 0 Å². The van der Waals surface area contributed by atoms with Gasteiger partial charge >= 0.3 is 5.95 Å². The lowest BCUT2D eigenvalue weighted by molar-refractivity contribution is -0.677. The smallest absolute Gasteiger partial charge is 0.325 e. The van der Waals surface area contributed by atoms with E-state index in [1.165, 1.54) is 0 Å². The van der Waals surface area contributed by atoms with Crippen LogP contribution < -0.4 is 17.0 Å². The normalized spacial score (nSPS) is 9.57. The van der Waals surface area contributed by atoms with Crippen molar-refractivity contribution in [2.75, 3.05) is 0 Å². The quantitative estimate of drug-likeness (QED) is 0.484. The van der Waals surface area contributed by atoms with E-state index in [9.17, 15) is 0 Å². The van der Waals surface area contributed by atoms with Gasteiger partial charge in [0, 0.05) is 19.3 Å². The fraction of sp³-hybridized carbons (Fsp3) is 0.222. The van der Waals surface area contributed by atoms with Crippen molar-refractivity contribution in [2.45, 2.75) is 6.92 Å². The molecule has 2 aromatic rings. The lowest BCUT2D eigenvalue weighted by atomic mass is 10.6. The standard InChI is InChI=1S/C9H11N4.ClH/c1-8-12(2)6-7-13(8)9-10-4-3-5-11-9;/h3-7H,1-2H3;1H/q+1;/p-1. The zero-order valence-corrected chi connectivity index (χ0v) is 8.81. The molecule has 0 aliphatic heterocycles. The SMILES string of the molecule is Cc1n(-c2ncccn2)cc[n+]1C.[Cl-]. The molecule has 2 heterocycles. The van der Waals surface area contributed by atoms with E-state index in [1.807, 2.05) is 41.6 Å². The minimum Gasteiger partial charge on any atom is -1.00 e. The average molecular weight is 211 g/mol. The van der Waals surface area contributed by atoms with Gasteiger partial charge in [0.2, 0.25) is 0 Å². The lowest BCUT2D eigenvalue weighted by Crippen LogP contribution is -3.00. The van der Waals surface area contributed by atoms with Gasteiger partial charge in [0.05, 0.1) is 7.05 Å². The maximum atomic E-state index is 4.16. The Morgan fingerprint density at radius 1 is 1.29 bits per heavy atom. The highest BCUT2D eigenvalue weighted by Gasteiger charge is 2.12. The molecule has 14 heavy (non-hydrogen) atoms. The number of aryl methyl sites for hydroxylation is 1. The summed E-state index contributed by atoms with van der Waals surface area (Å²) < 4.78 is 3.97. The number of aromatic nitrogens is 4. The average Bonchev–Trinajstić information content (AvgIpc) is 2.49. The summed E-state index contributed by atoms with van der Waals surface area (Å²) in [6.45, 7) is 2.02. The highest BCUT2D eigenvalue weighted by molar-refractivity contribution is 5.10. The summed E-state index contributed by atoms with van der Waals surface area (Å²) in [4.78, 5) is 8.32. The summed E-state index contributed by atoms with van der Waals surface area (Å²) >= 11 is 0. The van der Waals surface area contributed by atoms with Gasteiger partial charge in [-0.15, -0.1) is 0 Å². The predicted molar refractivity (Wildman–Crippen MR) is 47.3 cm³/mol. The molecule has 2 aromatic heterocycles. The third-order valence-electron chi connectivity index (χ3n) is 2.07. The second-order valence-corrected chi connectivity index (χ2v) is 2.88. The Morgan fingerprint density at radius 2 is 1.93 bits per heavy atom. The van der Waals surface area contributed by atoms with Crippen LogP contribution in [0.5, 0.6) is 0 Å². The Hall–Kier alpha value is -1.42. The minimum atomic E-state index is 0. The van der Waals surface area contributed by atoms with Crippen LogP contribution in [0.3, 0.4) is 0 Å². The Bertz CT molecular complexity index is 410. The maximum absolute atomic E-state index is 4.16. The van der Waals surface area contributed by atoms with Crippen LogP contribution in [0, 0.1) is 6.92 Å². The van der Waals surface area contributed by atoms with E-state index >= 15 is 0 Å². The summed E-state index contributed by atoms with van der Waals surface area (Å²) in [6.07, 6.45) is 7.40. The van der Waals surface area contributed by atoms with Crippen molar-refractivity contribution in [1.82, 2.24) is 14.5 Å². The van der Waals surface area contributed by atoms with Crippen LogP contribution in [0.2, 0.25) is 0 Å². The van der Waals surface area contributed by atoms with E-state index in [-0.39, 0.29) is 12.4 Å². The van der Waals surface area contributed by atoms with Gasteiger partial charge in [0.1, 0.15) is 12.4 Å². The van der Waals surface area contributed by atoms with Gasteiger partial charge in [-0.3, -0.25) is 0 Å². The number of nitrogens with zero attached hydrogens (tertiary/aromatic N) is 4. The molecule has 2 rings (SSSR count). The van der Waals surface area contributed by atoms with E-state index in [2.05, 4.69) is 9.97 Å². The fourth-order valence-corrected chi connectivity index (χ4v) is 1.18. The van der Waals surface area contributed by atoms with Crippen molar-refractivity contribution in [3.8, 4) is 5.95 Å². The Balaban J connectivity index is 0.000000980. The molecule has 0 N–H and O–H groups in total. The van der Waals surface area contributed by atoms with Crippen LogP contribution in [0.15, 0.2) is 30.9 Å². The molecule has 0 saturated heterocycles. The molecule has 0 spiro atoms. The summed E-state index contributed by atoms with van der Waals surface area (Å²) in [5.41, 5.74) is 0. The molecular weight excluding hydrogens is 200 g/mol. The molecule has 0 unspecified atom stereocenters. The molecule has 0 aliphatic carbocycles. The molecule has 0 aromatic carbocycles. The topological polar surface area (TPSA) is 34.6 Å². The Labute approximate surface area is 88.7 Å². The highest BCUT2D eigenvalue weighted by atomic mass is 35.5. The molecule has 74 valence electrons.